The summed E-state index contributed by atoms with van der Waals surface area (Å²) in [7, 11) is 0. The van der Waals surface area contributed by atoms with Crippen molar-refractivity contribution in [2.75, 3.05) is 11.2 Å². The van der Waals surface area contributed by atoms with Crippen molar-refractivity contribution in [1.29, 1.82) is 0 Å². The van der Waals surface area contributed by atoms with Gasteiger partial charge in [-0.15, -0.1) is 0 Å². The fourth-order valence-electron chi connectivity index (χ4n) is 2.47. The van der Waals surface area contributed by atoms with E-state index in [1.54, 1.807) is 24.7 Å². The lowest BCUT2D eigenvalue weighted by Gasteiger charge is -2.10. The molecule has 3 aromatic heterocycles. The summed E-state index contributed by atoms with van der Waals surface area (Å²) in [5, 5.41) is 3.48. The number of fused-ring (bicyclic) bond motifs is 1. The summed E-state index contributed by atoms with van der Waals surface area (Å²) in [6.07, 6.45) is 4.66. The zero-order valence-electron chi connectivity index (χ0n) is 13.9. The van der Waals surface area contributed by atoms with Gasteiger partial charge in [-0.2, -0.15) is 4.98 Å². The maximum Gasteiger partial charge on any atom is 0.313 e. The van der Waals surface area contributed by atoms with Gasteiger partial charge in [0.15, 0.2) is 23.0 Å². The average Bonchev–Trinajstić information content (AvgIpc) is 3.20. The van der Waals surface area contributed by atoms with Crippen LogP contribution in [0.25, 0.3) is 11.0 Å². The van der Waals surface area contributed by atoms with Crippen molar-refractivity contribution in [3.63, 3.8) is 0 Å². The Morgan fingerprint density at radius 3 is 2.89 bits per heavy atom. The van der Waals surface area contributed by atoms with Gasteiger partial charge in [0.1, 0.15) is 0 Å². The Bertz CT molecular complexity index is 1160. The molecular weight excluding hydrogens is 353 g/mol. The smallest absolute Gasteiger partial charge is 0.313 e. The fourth-order valence-corrected chi connectivity index (χ4v) is 2.47. The molecule has 8 nitrogen and oxygen atoms in total. The Kier molecular flexibility index (Phi) is 4.17. The maximum absolute atomic E-state index is 13.8. The molecule has 3 heterocycles. The molecule has 0 fully saturated rings. The average molecular weight is 367 g/mol. The fraction of sp³-hybridized carbons (Fsp3) is 0.0556. The van der Waals surface area contributed by atoms with Gasteiger partial charge in [-0.3, -0.25) is 4.79 Å². The monoisotopic (exact) mass is 367 g/mol. The normalized spacial score (nSPS) is 10.9. The van der Waals surface area contributed by atoms with Crippen molar-refractivity contribution in [1.82, 2.24) is 14.6 Å². The Labute approximate surface area is 152 Å². The van der Waals surface area contributed by atoms with Crippen LogP contribution in [0.1, 0.15) is 5.56 Å². The number of benzene rings is 1. The molecular formula is C18H14FN5O3. The molecule has 0 spiro atoms. The molecule has 0 aliphatic rings. The number of aromatic nitrogens is 3. The Morgan fingerprint density at radius 2 is 2.11 bits per heavy atom. The summed E-state index contributed by atoms with van der Waals surface area (Å²) in [4.78, 5) is 20.9. The number of pyridine rings is 1. The molecule has 0 aliphatic heterocycles. The quantitative estimate of drug-likeness (QED) is 0.522. The number of nitrogens with one attached hydrogen (secondary N) is 1. The summed E-state index contributed by atoms with van der Waals surface area (Å²) in [5.41, 5.74) is 0.480. The van der Waals surface area contributed by atoms with E-state index in [-0.39, 0.29) is 17.1 Å². The zero-order chi connectivity index (χ0) is 18.8. The third-order valence-electron chi connectivity index (χ3n) is 3.83. The van der Waals surface area contributed by atoms with Crippen molar-refractivity contribution in [2.45, 2.75) is 6.54 Å². The first-order valence-electron chi connectivity index (χ1n) is 7.97. The number of hydrogen-bond acceptors (Lipinski definition) is 7. The molecule has 4 rings (SSSR count). The van der Waals surface area contributed by atoms with E-state index in [1.807, 2.05) is 0 Å². The highest BCUT2D eigenvalue weighted by atomic mass is 19.1. The summed E-state index contributed by atoms with van der Waals surface area (Å²) < 4.78 is 25.0. The Balaban J connectivity index is 1.66. The van der Waals surface area contributed by atoms with Crippen molar-refractivity contribution in [3.8, 4) is 11.5 Å². The molecule has 0 radical (unpaired) electrons. The SMILES string of the molecule is Nn1c(=O)c(Oc2ccccc2F)cc2cnc(NCc3ccoc3)nc21. The summed E-state index contributed by atoms with van der Waals surface area (Å²) in [6, 6.07) is 9.00. The van der Waals surface area contributed by atoms with Crippen LogP contribution in [0.2, 0.25) is 0 Å². The lowest BCUT2D eigenvalue weighted by Crippen LogP contribution is -2.29. The summed E-state index contributed by atoms with van der Waals surface area (Å²) in [6.45, 7) is 0.450. The van der Waals surface area contributed by atoms with Gasteiger partial charge in [-0.1, -0.05) is 12.1 Å². The van der Waals surface area contributed by atoms with E-state index in [2.05, 4.69) is 15.3 Å². The van der Waals surface area contributed by atoms with E-state index in [4.69, 9.17) is 15.0 Å². The first-order chi connectivity index (χ1) is 13.1. The van der Waals surface area contributed by atoms with Crippen LogP contribution < -0.4 is 21.5 Å². The number of anilines is 1. The Morgan fingerprint density at radius 1 is 1.26 bits per heavy atom. The molecule has 0 aliphatic carbocycles. The number of nitrogen functional groups attached to an aromatic ring is 1. The molecule has 1 aromatic carbocycles. The molecule has 0 atom stereocenters. The third-order valence-corrected chi connectivity index (χ3v) is 3.83. The van der Waals surface area contributed by atoms with Crippen LogP contribution in [-0.2, 0) is 6.54 Å². The van der Waals surface area contributed by atoms with Crippen LogP contribution in [-0.4, -0.2) is 14.6 Å². The molecule has 4 aromatic rings. The van der Waals surface area contributed by atoms with Crippen LogP contribution in [0.4, 0.5) is 10.3 Å². The van der Waals surface area contributed by atoms with E-state index in [1.165, 1.54) is 30.5 Å². The minimum atomic E-state index is -0.648. The van der Waals surface area contributed by atoms with Gasteiger partial charge in [-0.05, 0) is 24.3 Å². The second-order valence-electron chi connectivity index (χ2n) is 5.67. The number of para-hydroxylation sites is 1. The van der Waals surface area contributed by atoms with Gasteiger partial charge in [0.05, 0.1) is 12.5 Å². The van der Waals surface area contributed by atoms with E-state index in [9.17, 15) is 9.18 Å². The largest absolute Gasteiger partial charge is 0.472 e. The molecule has 27 heavy (non-hydrogen) atoms. The number of rotatable bonds is 5. The topological polar surface area (TPSA) is 108 Å². The summed E-state index contributed by atoms with van der Waals surface area (Å²) in [5.74, 6) is 5.37. The van der Waals surface area contributed by atoms with Crippen LogP contribution >= 0.6 is 0 Å². The van der Waals surface area contributed by atoms with Gasteiger partial charge >= 0.3 is 5.56 Å². The molecule has 0 unspecified atom stereocenters. The molecule has 9 heteroatoms. The highest BCUT2D eigenvalue weighted by molar-refractivity contribution is 5.77. The highest BCUT2D eigenvalue weighted by Crippen LogP contribution is 2.23. The van der Waals surface area contributed by atoms with Crippen LogP contribution in [0.5, 0.6) is 11.5 Å². The van der Waals surface area contributed by atoms with Crippen molar-refractivity contribution in [2.24, 2.45) is 0 Å². The van der Waals surface area contributed by atoms with Crippen LogP contribution in [0.15, 0.2) is 64.3 Å². The first-order valence-corrected chi connectivity index (χ1v) is 7.97. The van der Waals surface area contributed by atoms with Gasteiger partial charge in [0.2, 0.25) is 5.95 Å². The van der Waals surface area contributed by atoms with E-state index < -0.39 is 11.4 Å². The van der Waals surface area contributed by atoms with Crippen LogP contribution in [0, 0.1) is 5.82 Å². The minimum Gasteiger partial charge on any atom is -0.472 e. The lowest BCUT2D eigenvalue weighted by molar-refractivity contribution is 0.435. The molecule has 3 N–H and O–H groups in total. The highest BCUT2D eigenvalue weighted by Gasteiger charge is 2.13. The molecule has 0 bridgehead atoms. The van der Waals surface area contributed by atoms with Crippen molar-refractivity contribution < 1.29 is 13.5 Å². The zero-order valence-corrected chi connectivity index (χ0v) is 13.9. The summed E-state index contributed by atoms with van der Waals surface area (Å²) >= 11 is 0. The predicted octanol–water partition coefficient (Wildman–Crippen LogP) is 2.64. The number of nitrogens with zero attached hydrogens (tertiary/aromatic N) is 3. The number of nitrogens with two attached hydrogens (primary N) is 1. The third kappa shape index (κ3) is 3.30. The molecule has 0 saturated heterocycles. The van der Waals surface area contributed by atoms with E-state index in [0.717, 1.165) is 10.2 Å². The molecule has 0 amide bonds. The predicted molar refractivity (Wildman–Crippen MR) is 96.5 cm³/mol. The first kappa shape index (κ1) is 16.6. The standard InChI is InChI=1S/C18H14FN5O3/c19-13-3-1-2-4-14(13)27-15-7-12-9-22-18(21-8-11-5-6-26-10-11)23-16(12)24(20)17(15)25/h1-7,9-10H,8,20H2,(H,21,22,23). The van der Waals surface area contributed by atoms with Crippen LogP contribution in [0.3, 0.4) is 0 Å². The van der Waals surface area contributed by atoms with E-state index >= 15 is 0 Å². The number of halogens is 1. The van der Waals surface area contributed by atoms with Gasteiger partial charge in [0, 0.05) is 23.7 Å². The Hall–Kier alpha value is -3.88. The van der Waals surface area contributed by atoms with E-state index in [0.29, 0.717) is 17.9 Å². The van der Waals surface area contributed by atoms with Gasteiger partial charge in [-0.25, -0.2) is 14.1 Å². The maximum atomic E-state index is 13.8. The number of hydrogen-bond donors (Lipinski definition) is 2. The van der Waals surface area contributed by atoms with Crippen molar-refractivity contribution >= 4 is 17.0 Å². The minimum absolute atomic E-state index is 0.0757. The van der Waals surface area contributed by atoms with Gasteiger partial charge < -0.3 is 20.3 Å². The molecule has 0 saturated carbocycles. The second-order valence-corrected chi connectivity index (χ2v) is 5.67. The second kappa shape index (κ2) is 6.79. The number of furan rings is 1. The van der Waals surface area contributed by atoms with Crippen molar-refractivity contribution in [3.05, 3.63) is 76.9 Å². The lowest BCUT2D eigenvalue weighted by atomic mass is 10.3. The number of ether oxygens (including phenoxy) is 1. The van der Waals surface area contributed by atoms with Gasteiger partial charge in [0.25, 0.3) is 0 Å². The molecule has 136 valence electrons.